The molecule has 11 heavy (non-hydrogen) atoms. The van der Waals surface area contributed by atoms with Crippen molar-refractivity contribution in [2.45, 2.75) is 25.8 Å². The van der Waals surface area contributed by atoms with Crippen LogP contribution in [0.25, 0.3) is 0 Å². The Labute approximate surface area is 67.3 Å². The molecule has 1 heterocycles. The summed E-state index contributed by atoms with van der Waals surface area (Å²) in [6.07, 6.45) is 2.10. The Kier molecular flexibility index (Phi) is 3.02. The van der Waals surface area contributed by atoms with Crippen LogP contribution in [0.3, 0.4) is 0 Å². The predicted molar refractivity (Wildman–Crippen MR) is 44.3 cm³/mol. The molecule has 0 aliphatic carbocycles. The molecular formula is C8H16N2O. The van der Waals surface area contributed by atoms with Crippen molar-refractivity contribution in [1.82, 2.24) is 5.32 Å². The van der Waals surface area contributed by atoms with Crippen LogP contribution in [0.1, 0.15) is 19.8 Å². The molecule has 0 aromatic carbocycles. The summed E-state index contributed by atoms with van der Waals surface area (Å²) in [5, 5.41) is 3.27. The maximum absolute atomic E-state index is 11.2. The van der Waals surface area contributed by atoms with E-state index in [0.29, 0.717) is 6.04 Å². The third kappa shape index (κ3) is 2.01. The maximum atomic E-state index is 11.2. The van der Waals surface area contributed by atoms with Gasteiger partial charge in [0, 0.05) is 12.0 Å². The van der Waals surface area contributed by atoms with Gasteiger partial charge in [-0.05, 0) is 26.3 Å². The van der Waals surface area contributed by atoms with E-state index in [1.807, 2.05) is 0 Å². The standard InChI is InChI=1S/C8H16N2O/c1-6-7(8(11)5-9)3-2-4-10-6/h6-7,10H,2-5,9H2,1H3. The number of rotatable bonds is 2. The van der Waals surface area contributed by atoms with Gasteiger partial charge in [-0.2, -0.15) is 0 Å². The molecule has 0 aromatic rings. The predicted octanol–water partition coefficient (Wildman–Crippen LogP) is -0.0977. The van der Waals surface area contributed by atoms with Gasteiger partial charge >= 0.3 is 0 Å². The number of piperidine rings is 1. The fourth-order valence-electron chi connectivity index (χ4n) is 1.64. The van der Waals surface area contributed by atoms with Gasteiger partial charge in [-0.25, -0.2) is 0 Å². The maximum Gasteiger partial charge on any atom is 0.151 e. The minimum Gasteiger partial charge on any atom is -0.324 e. The van der Waals surface area contributed by atoms with Crippen molar-refractivity contribution < 1.29 is 4.79 Å². The second-order valence-electron chi connectivity index (χ2n) is 3.16. The smallest absolute Gasteiger partial charge is 0.151 e. The first-order valence-corrected chi connectivity index (χ1v) is 4.22. The zero-order valence-corrected chi connectivity index (χ0v) is 6.97. The molecule has 1 fully saturated rings. The molecule has 3 N–H and O–H groups in total. The first kappa shape index (κ1) is 8.68. The van der Waals surface area contributed by atoms with Crippen molar-refractivity contribution in [3.05, 3.63) is 0 Å². The molecule has 1 rings (SSSR count). The Morgan fingerprint density at radius 3 is 3.00 bits per heavy atom. The normalized spacial score (nSPS) is 31.8. The van der Waals surface area contributed by atoms with Crippen molar-refractivity contribution in [3.8, 4) is 0 Å². The van der Waals surface area contributed by atoms with E-state index in [2.05, 4.69) is 12.2 Å². The molecule has 3 heteroatoms. The van der Waals surface area contributed by atoms with E-state index in [0.717, 1.165) is 19.4 Å². The zero-order valence-electron chi connectivity index (χ0n) is 6.97. The van der Waals surface area contributed by atoms with Crippen LogP contribution in [0, 0.1) is 5.92 Å². The number of nitrogens with one attached hydrogen (secondary N) is 1. The number of hydrogen-bond acceptors (Lipinski definition) is 3. The summed E-state index contributed by atoms with van der Waals surface area (Å²) in [5.74, 6) is 0.360. The number of ketones is 1. The summed E-state index contributed by atoms with van der Waals surface area (Å²) >= 11 is 0. The summed E-state index contributed by atoms with van der Waals surface area (Å²) < 4.78 is 0. The topological polar surface area (TPSA) is 55.1 Å². The average molecular weight is 156 g/mol. The molecule has 0 saturated carbocycles. The van der Waals surface area contributed by atoms with Crippen LogP contribution in [0.4, 0.5) is 0 Å². The first-order valence-electron chi connectivity index (χ1n) is 4.22. The van der Waals surface area contributed by atoms with Crippen LogP contribution in [0.5, 0.6) is 0 Å². The number of carbonyl (C=O) groups is 1. The molecule has 0 spiro atoms. The highest BCUT2D eigenvalue weighted by atomic mass is 16.1. The third-order valence-electron chi connectivity index (χ3n) is 2.38. The fourth-order valence-corrected chi connectivity index (χ4v) is 1.64. The van der Waals surface area contributed by atoms with Gasteiger partial charge in [-0.1, -0.05) is 0 Å². The van der Waals surface area contributed by atoms with E-state index in [9.17, 15) is 4.79 Å². The van der Waals surface area contributed by atoms with Crippen molar-refractivity contribution in [2.24, 2.45) is 11.7 Å². The van der Waals surface area contributed by atoms with E-state index in [1.54, 1.807) is 0 Å². The minimum atomic E-state index is 0.161. The Hall–Kier alpha value is -0.410. The van der Waals surface area contributed by atoms with E-state index in [4.69, 9.17) is 5.73 Å². The molecular weight excluding hydrogens is 140 g/mol. The molecule has 64 valence electrons. The van der Waals surface area contributed by atoms with Gasteiger partial charge in [0.25, 0.3) is 0 Å². The Morgan fingerprint density at radius 2 is 2.45 bits per heavy atom. The van der Waals surface area contributed by atoms with E-state index >= 15 is 0 Å². The van der Waals surface area contributed by atoms with Crippen LogP contribution in [-0.2, 0) is 4.79 Å². The molecule has 0 amide bonds. The van der Waals surface area contributed by atoms with Crippen LogP contribution >= 0.6 is 0 Å². The number of Topliss-reactive ketones (excluding diaryl/α,β-unsaturated/α-hetero) is 1. The van der Waals surface area contributed by atoms with Gasteiger partial charge in [-0.15, -0.1) is 0 Å². The zero-order chi connectivity index (χ0) is 8.27. The lowest BCUT2D eigenvalue weighted by Gasteiger charge is -2.28. The highest BCUT2D eigenvalue weighted by Gasteiger charge is 2.25. The van der Waals surface area contributed by atoms with E-state index < -0.39 is 0 Å². The SMILES string of the molecule is CC1NCCCC1C(=O)CN. The average Bonchev–Trinajstić information content (AvgIpc) is 2.04. The number of hydrogen-bond donors (Lipinski definition) is 2. The van der Waals surface area contributed by atoms with Gasteiger partial charge in [-0.3, -0.25) is 4.79 Å². The summed E-state index contributed by atoms with van der Waals surface area (Å²) in [6, 6.07) is 0.319. The summed E-state index contributed by atoms with van der Waals surface area (Å²) in [4.78, 5) is 11.2. The third-order valence-corrected chi connectivity index (χ3v) is 2.38. The Morgan fingerprint density at radius 1 is 1.73 bits per heavy atom. The summed E-state index contributed by atoms with van der Waals surface area (Å²) in [6.45, 7) is 3.28. The Balaban J connectivity index is 2.47. The van der Waals surface area contributed by atoms with Crippen LogP contribution < -0.4 is 11.1 Å². The Bertz CT molecular complexity index is 147. The van der Waals surface area contributed by atoms with Crippen molar-refractivity contribution in [2.75, 3.05) is 13.1 Å². The largest absolute Gasteiger partial charge is 0.324 e. The van der Waals surface area contributed by atoms with E-state index in [-0.39, 0.29) is 18.2 Å². The second-order valence-corrected chi connectivity index (χ2v) is 3.16. The first-order chi connectivity index (χ1) is 5.25. The molecule has 2 atom stereocenters. The molecule has 0 radical (unpaired) electrons. The van der Waals surface area contributed by atoms with Gasteiger partial charge < -0.3 is 11.1 Å². The molecule has 3 nitrogen and oxygen atoms in total. The van der Waals surface area contributed by atoms with Crippen molar-refractivity contribution >= 4 is 5.78 Å². The lowest BCUT2D eigenvalue weighted by atomic mass is 9.88. The second kappa shape index (κ2) is 3.83. The summed E-state index contributed by atoms with van der Waals surface area (Å²) in [7, 11) is 0. The van der Waals surface area contributed by atoms with Crippen molar-refractivity contribution in [1.29, 1.82) is 0 Å². The minimum absolute atomic E-state index is 0.161. The highest BCUT2D eigenvalue weighted by Crippen LogP contribution is 2.16. The van der Waals surface area contributed by atoms with Gasteiger partial charge in [0.2, 0.25) is 0 Å². The molecule has 1 aliphatic rings. The molecule has 0 bridgehead atoms. The number of nitrogens with two attached hydrogens (primary N) is 1. The molecule has 2 unspecified atom stereocenters. The molecule has 1 aliphatic heterocycles. The summed E-state index contributed by atoms with van der Waals surface area (Å²) in [5.41, 5.74) is 5.29. The van der Waals surface area contributed by atoms with Crippen LogP contribution in [-0.4, -0.2) is 24.9 Å². The van der Waals surface area contributed by atoms with Gasteiger partial charge in [0.15, 0.2) is 5.78 Å². The molecule has 0 aromatic heterocycles. The van der Waals surface area contributed by atoms with Crippen LogP contribution in [0.15, 0.2) is 0 Å². The molecule has 1 saturated heterocycles. The van der Waals surface area contributed by atoms with Gasteiger partial charge in [0.1, 0.15) is 0 Å². The lowest BCUT2D eigenvalue weighted by Crippen LogP contribution is -2.44. The van der Waals surface area contributed by atoms with Crippen LogP contribution in [0.2, 0.25) is 0 Å². The highest BCUT2D eigenvalue weighted by molar-refractivity contribution is 5.83. The fraction of sp³-hybridized carbons (Fsp3) is 0.875. The van der Waals surface area contributed by atoms with Crippen molar-refractivity contribution in [3.63, 3.8) is 0 Å². The monoisotopic (exact) mass is 156 g/mol. The quantitative estimate of drug-likeness (QED) is 0.587. The van der Waals surface area contributed by atoms with Gasteiger partial charge in [0.05, 0.1) is 6.54 Å². The van der Waals surface area contributed by atoms with E-state index in [1.165, 1.54) is 0 Å². The number of carbonyl (C=O) groups excluding carboxylic acids is 1. The lowest BCUT2D eigenvalue weighted by molar-refractivity contribution is -0.122.